The molecule has 0 bridgehead atoms. The van der Waals surface area contributed by atoms with Gasteiger partial charge in [-0.1, -0.05) is 17.3 Å². The summed E-state index contributed by atoms with van der Waals surface area (Å²) in [6.07, 6.45) is -2.86. The Balaban J connectivity index is 0.000000381. The molecule has 0 spiro atoms. The molecule has 1 aromatic carbocycles. The van der Waals surface area contributed by atoms with Gasteiger partial charge in [0, 0.05) is 24.6 Å². The van der Waals surface area contributed by atoms with Crippen LogP contribution < -0.4 is 11.1 Å². The second-order valence-corrected chi connectivity index (χ2v) is 4.99. The number of likely N-dealkylation sites (N-methyl/N-ethyl adjacent to an activating group) is 1. The summed E-state index contributed by atoms with van der Waals surface area (Å²) < 4.78 is 49.8. The lowest BCUT2D eigenvalue weighted by atomic mass is 10.0. The average molecular weight is 363 g/mol. The van der Waals surface area contributed by atoms with Gasteiger partial charge in [0.05, 0.1) is 6.20 Å². The van der Waals surface area contributed by atoms with E-state index < -0.39 is 12.1 Å². The summed E-state index contributed by atoms with van der Waals surface area (Å²) >= 11 is 0. The van der Waals surface area contributed by atoms with Crippen molar-refractivity contribution in [3.05, 3.63) is 42.0 Å². The maximum Gasteiger partial charge on any atom is 0.490 e. The molecule has 25 heavy (non-hydrogen) atoms. The molecule has 0 saturated heterocycles. The lowest BCUT2D eigenvalue weighted by Crippen LogP contribution is -2.33. The van der Waals surface area contributed by atoms with E-state index in [1.807, 2.05) is 7.05 Å². The molecule has 0 aliphatic carbocycles. The van der Waals surface area contributed by atoms with Gasteiger partial charge >= 0.3 is 12.1 Å². The van der Waals surface area contributed by atoms with Gasteiger partial charge in [0.1, 0.15) is 11.6 Å². The first-order chi connectivity index (χ1) is 11.6. The van der Waals surface area contributed by atoms with Crippen LogP contribution in [0.25, 0.3) is 11.1 Å². The van der Waals surface area contributed by atoms with Crippen LogP contribution in [0.3, 0.4) is 0 Å². The molecule has 0 radical (unpaired) electrons. The molecule has 6 nitrogen and oxygen atoms in total. The molecule has 1 heterocycles. The van der Waals surface area contributed by atoms with Gasteiger partial charge in [0.2, 0.25) is 0 Å². The number of nitrogens with zero attached hydrogens (tertiary/aromatic N) is 1. The van der Waals surface area contributed by atoms with E-state index >= 15 is 0 Å². The SMILES string of the molecule is CNCC(N)Cc1oncc1-c1ccc(F)cc1.O=C(O)C(F)(F)F. The van der Waals surface area contributed by atoms with E-state index in [4.69, 9.17) is 20.2 Å². The minimum atomic E-state index is -5.08. The van der Waals surface area contributed by atoms with Crippen LogP contribution in [-0.2, 0) is 11.2 Å². The third-order valence-corrected chi connectivity index (χ3v) is 2.96. The highest BCUT2D eigenvalue weighted by Crippen LogP contribution is 2.24. The van der Waals surface area contributed by atoms with Crippen molar-refractivity contribution < 1.29 is 32.0 Å². The maximum absolute atomic E-state index is 12.9. The zero-order valence-electron chi connectivity index (χ0n) is 13.2. The first-order valence-electron chi connectivity index (χ1n) is 7.05. The predicted octanol–water partition coefficient (Wildman–Crippen LogP) is 2.20. The molecule has 1 aromatic heterocycles. The molecule has 1 atom stereocenters. The Kier molecular flexibility index (Phi) is 7.52. The fourth-order valence-electron chi connectivity index (χ4n) is 1.85. The summed E-state index contributed by atoms with van der Waals surface area (Å²) in [5, 5.41) is 13.9. The van der Waals surface area contributed by atoms with Gasteiger partial charge in [-0.2, -0.15) is 13.2 Å². The molecule has 2 aromatic rings. The van der Waals surface area contributed by atoms with Gasteiger partial charge in [-0.3, -0.25) is 0 Å². The Morgan fingerprint density at radius 1 is 1.36 bits per heavy atom. The van der Waals surface area contributed by atoms with E-state index in [9.17, 15) is 17.6 Å². The Hall–Kier alpha value is -2.46. The molecule has 138 valence electrons. The highest BCUT2D eigenvalue weighted by atomic mass is 19.4. The Bertz CT molecular complexity index is 671. The lowest BCUT2D eigenvalue weighted by Gasteiger charge is -2.09. The molecule has 4 N–H and O–H groups in total. The summed E-state index contributed by atoms with van der Waals surface area (Å²) in [4.78, 5) is 8.90. The third kappa shape index (κ3) is 6.89. The minimum Gasteiger partial charge on any atom is -0.475 e. The molecule has 1 unspecified atom stereocenters. The highest BCUT2D eigenvalue weighted by Gasteiger charge is 2.38. The van der Waals surface area contributed by atoms with Crippen LogP contribution in [-0.4, -0.2) is 42.0 Å². The number of aromatic nitrogens is 1. The predicted molar refractivity (Wildman–Crippen MR) is 81.2 cm³/mol. The van der Waals surface area contributed by atoms with Crippen LogP contribution in [0.4, 0.5) is 17.6 Å². The normalized spacial score (nSPS) is 12.2. The van der Waals surface area contributed by atoms with Gasteiger partial charge in [-0.25, -0.2) is 9.18 Å². The largest absolute Gasteiger partial charge is 0.490 e. The number of carboxylic acid groups (broad SMARTS) is 1. The van der Waals surface area contributed by atoms with E-state index in [2.05, 4.69) is 10.5 Å². The van der Waals surface area contributed by atoms with Crippen molar-refractivity contribution in [2.75, 3.05) is 13.6 Å². The van der Waals surface area contributed by atoms with E-state index in [-0.39, 0.29) is 11.9 Å². The fourth-order valence-corrected chi connectivity index (χ4v) is 1.85. The molecule has 0 aliphatic rings. The standard InChI is InChI=1S/C13H16FN3O.C2HF3O2/c1-16-7-11(15)6-13-12(8-17-18-13)9-2-4-10(14)5-3-9;3-2(4,5)1(6)7/h2-5,8,11,16H,6-7,15H2,1H3;(H,6,7). The molecular weight excluding hydrogens is 346 g/mol. The monoisotopic (exact) mass is 363 g/mol. The number of aliphatic carboxylic acids is 1. The number of hydrogen-bond donors (Lipinski definition) is 3. The topological polar surface area (TPSA) is 101 Å². The van der Waals surface area contributed by atoms with Gasteiger partial charge in [-0.15, -0.1) is 0 Å². The molecular formula is C15H17F4N3O3. The first-order valence-corrected chi connectivity index (χ1v) is 7.05. The number of alkyl halides is 3. The smallest absolute Gasteiger partial charge is 0.475 e. The van der Waals surface area contributed by atoms with Crippen LogP contribution in [0, 0.1) is 5.82 Å². The van der Waals surface area contributed by atoms with Crippen molar-refractivity contribution in [2.24, 2.45) is 5.73 Å². The van der Waals surface area contributed by atoms with Crippen LogP contribution >= 0.6 is 0 Å². The summed E-state index contributed by atoms with van der Waals surface area (Å²) in [6, 6.07) is 6.20. The number of nitrogens with two attached hydrogens (primary N) is 1. The van der Waals surface area contributed by atoms with E-state index in [1.54, 1.807) is 18.3 Å². The van der Waals surface area contributed by atoms with Gasteiger partial charge < -0.3 is 20.7 Å². The van der Waals surface area contributed by atoms with Crippen LogP contribution in [0.5, 0.6) is 0 Å². The second kappa shape index (κ2) is 9.14. The zero-order valence-corrected chi connectivity index (χ0v) is 13.2. The Morgan fingerprint density at radius 2 is 1.92 bits per heavy atom. The summed E-state index contributed by atoms with van der Waals surface area (Å²) in [6.45, 7) is 0.698. The second-order valence-electron chi connectivity index (χ2n) is 4.99. The number of benzene rings is 1. The van der Waals surface area contributed by atoms with Crippen LogP contribution in [0.1, 0.15) is 5.76 Å². The van der Waals surface area contributed by atoms with Crippen LogP contribution in [0.2, 0.25) is 0 Å². The Labute approximate surface area is 140 Å². The van der Waals surface area contributed by atoms with Crippen molar-refractivity contribution in [1.29, 1.82) is 0 Å². The number of halogens is 4. The average Bonchev–Trinajstić information content (AvgIpc) is 2.96. The molecule has 2 rings (SSSR count). The van der Waals surface area contributed by atoms with Crippen molar-refractivity contribution in [3.63, 3.8) is 0 Å². The summed E-state index contributed by atoms with van der Waals surface area (Å²) in [5.74, 6) is -2.29. The van der Waals surface area contributed by atoms with Crippen molar-refractivity contribution in [2.45, 2.75) is 18.6 Å². The molecule has 10 heteroatoms. The molecule has 0 fully saturated rings. The summed E-state index contributed by atoms with van der Waals surface area (Å²) in [5.41, 5.74) is 7.68. The fraction of sp³-hybridized carbons (Fsp3) is 0.333. The van der Waals surface area contributed by atoms with Gasteiger partial charge in [-0.05, 0) is 24.7 Å². The molecule has 0 aliphatic heterocycles. The number of nitrogens with one attached hydrogen (secondary N) is 1. The van der Waals surface area contributed by atoms with E-state index in [1.165, 1.54) is 12.1 Å². The number of carboxylic acids is 1. The van der Waals surface area contributed by atoms with Gasteiger partial charge in [0.25, 0.3) is 0 Å². The van der Waals surface area contributed by atoms with Crippen molar-refractivity contribution in [1.82, 2.24) is 10.5 Å². The van der Waals surface area contributed by atoms with Gasteiger partial charge in [0.15, 0.2) is 0 Å². The Morgan fingerprint density at radius 3 is 2.40 bits per heavy atom. The zero-order chi connectivity index (χ0) is 19.0. The van der Waals surface area contributed by atoms with Crippen LogP contribution in [0.15, 0.2) is 35.0 Å². The molecule has 0 saturated carbocycles. The highest BCUT2D eigenvalue weighted by molar-refractivity contribution is 5.73. The van der Waals surface area contributed by atoms with E-state index in [0.29, 0.717) is 13.0 Å². The first kappa shape index (κ1) is 20.6. The maximum atomic E-state index is 12.9. The minimum absolute atomic E-state index is 0.0397. The third-order valence-electron chi connectivity index (χ3n) is 2.96. The van der Waals surface area contributed by atoms with E-state index in [0.717, 1.165) is 16.9 Å². The van der Waals surface area contributed by atoms with Crippen molar-refractivity contribution in [3.8, 4) is 11.1 Å². The number of hydrogen-bond acceptors (Lipinski definition) is 5. The van der Waals surface area contributed by atoms with Crippen molar-refractivity contribution >= 4 is 5.97 Å². The summed E-state index contributed by atoms with van der Waals surface area (Å²) in [7, 11) is 1.85. The quantitative estimate of drug-likeness (QED) is 0.704. The number of carbonyl (C=O) groups is 1. The number of rotatable bonds is 5. The lowest BCUT2D eigenvalue weighted by molar-refractivity contribution is -0.192. The molecule has 0 amide bonds.